The third kappa shape index (κ3) is 1.20. The van der Waals surface area contributed by atoms with Gasteiger partial charge in [-0.3, -0.25) is 9.20 Å². The number of H-pyrrole nitrogens is 1. The number of aromatic amines is 1. The average molecular weight is 173 g/mol. The maximum atomic E-state index is 11.3. The molecule has 0 saturated heterocycles. The molecule has 2 aromatic heterocycles. The second-order valence-corrected chi connectivity index (χ2v) is 2.73. The molecule has 0 radical (unpaired) electrons. The number of aromatic nitrogens is 2. The predicted octanol–water partition coefficient (Wildman–Crippen LogP) is 0.694. The van der Waals surface area contributed by atoms with Crippen LogP contribution in [0.25, 0.3) is 5.65 Å². The van der Waals surface area contributed by atoms with Crippen LogP contribution in [0.3, 0.4) is 0 Å². The van der Waals surface area contributed by atoms with Crippen LogP contribution < -0.4 is 5.56 Å². The van der Waals surface area contributed by atoms with Crippen molar-refractivity contribution in [3.05, 3.63) is 40.4 Å². The van der Waals surface area contributed by atoms with E-state index in [2.05, 4.69) is 4.98 Å². The smallest absolute Gasteiger partial charge is 0.256 e. The van der Waals surface area contributed by atoms with Crippen molar-refractivity contribution in [2.24, 2.45) is 0 Å². The summed E-state index contributed by atoms with van der Waals surface area (Å²) < 4.78 is 1.49. The van der Waals surface area contributed by atoms with Crippen LogP contribution in [-0.4, -0.2) is 9.38 Å². The Morgan fingerprint density at radius 1 is 1.54 bits per heavy atom. The fourth-order valence-corrected chi connectivity index (χ4v) is 1.26. The minimum absolute atomic E-state index is 0.0852. The van der Waals surface area contributed by atoms with E-state index in [1.54, 1.807) is 18.3 Å². The van der Waals surface area contributed by atoms with E-state index in [1.807, 2.05) is 6.07 Å². The highest BCUT2D eigenvalue weighted by molar-refractivity contribution is 5.39. The maximum Gasteiger partial charge on any atom is 0.256 e. The van der Waals surface area contributed by atoms with Crippen molar-refractivity contribution < 1.29 is 0 Å². The third-order valence-electron chi connectivity index (χ3n) is 1.83. The van der Waals surface area contributed by atoms with Crippen molar-refractivity contribution in [3.63, 3.8) is 0 Å². The maximum absolute atomic E-state index is 11.3. The number of rotatable bonds is 1. The molecule has 0 amide bonds. The Labute approximate surface area is 74.1 Å². The van der Waals surface area contributed by atoms with E-state index in [0.29, 0.717) is 6.42 Å². The van der Waals surface area contributed by atoms with Crippen LogP contribution in [0, 0.1) is 11.3 Å². The molecular formula is C9H7N3O. The molecule has 4 nitrogen and oxygen atoms in total. The van der Waals surface area contributed by atoms with Gasteiger partial charge in [-0.2, -0.15) is 5.26 Å². The SMILES string of the molecule is N#CCc1cn2c(=O)cccc2[nH]1. The largest absolute Gasteiger partial charge is 0.343 e. The van der Waals surface area contributed by atoms with Gasteiger partial charge >= 0.3 is 0 Å². The molecule has 0 atom stereocenters. The Kier molecular flexibility index (Phi) is 1.64. The number of fused-ring (bicyclic) bond motifs is 1. The van der Waals surface area contributed by atoms with E-state index in [0.717, 1.165) is 11.3 Å². The van der Waals surface area contributed by atoms with Gasteiger partial charge in [0.2, 0.25) is 0 Å². The summed E-state index contributed by atoms with van der Waals surface area (Å²) in [6.07, 6.45) is 1.95. The van der Waals surface area contributed by atoms with Gasteiger partial charge in [-0.15, -0.1) is 0 Å². The molecule has 0 saturated carbocycles. The topological polar surface area (TPSA) is 61.1 Å². The van der Waals surface area contributed by atoms with Gasteiger partial charge in [0.05, 0.1) is 12.5 Å². The summed E-state index contributed by atoms with van der Waals surface area (Å²) in [5.74, 6) is 0. The average Bonchev–Trinajstić information content (AvgIpc) is 2.49. The lowest BCUT2D eigenvalue weighted by Crippen LogP contribution is -2.08. The van der Waals surface area contributed by atoms with Gasteiger partial charge in [0.1, 0.15) is 5.65 Å². The summed E-state index contributed by atoms with van der Waals surface area (Å²) in [5, 5.41) is 8.46. The van der Waals surface area contributed by atoms with E-state index in [-0.39, 0.29) is 5.56 Å². The molecule has 0 aliphatic carbocycles. The highest BCUT2D eigenvalue weighted by atomic mass is 16.1. The third-order valence-corrected chi connectivity index (χ3v) is 1.83. The van der Waals surface area contributed by atoms with E-state index < -0.39 is 0 Å². The molecule has 13 heavy (non-hydrogen) atoms. The first-order valence-electron chi connectivity index (χ1n) is 3.87. The molecule has 2 aromatic rings. The summed E-state index contributed by atoms with van der Waals surface area (Å²) >= 11 is 0. The number of nitriles is 1. The second kappa shape index (κ2) is 2.79. The molecular weight excluding hydrogens is 166 g/mol. The summed E-state index contributed by atoms with van der Waals surface area (Å²) in [5.41, 5.74) is 1.39. The Morgan fingerprint density at radius 2 is 2.38 bits per heavy atom. The zero-order valence-corrected chi connectivity index (χ0v) is 6.82. The van der Waals surface area contributed by atoms with Crippen molar-refractivity contribution in [1.82, 2.24) is 9.38 Å². The molecule has 1 N–H and O–H groups in total. The lowest BCUT2D eigenvalue weighted by atomic mass is 10.4. The van der Waals surface area contributed by atoms with Crippen LogP contribution in [0.4, 0.5) is 0 Å². The lowest BCUT2D eigenvalue weighted by Gasteiger charge is -1.87. The van der Waals surface area contributed by atoms with Crippen molar-refractivity contribution in [1.29, 1.82) is 5.26 Å². The first-order chi connectivity index (χ1) is 6.31. The van der Waals surface area contributed by atoms with E-state index >= 15 is 0 Å². The van der Waals surface area contributed by atoms with E-state index in [4.69, 9.17) is 5.26 Å². The van der Waals surface area contributed by atoms with Gasteiger partial charge in [-0.1, -0.05) is 6.07 Å². The molecule has 64 valence electrons. The monoisotopic (exact) mass is 173 g/mol. The normalized spacial score (nSPS) is 10.1. The molecule has 0 aliphatic heterocycles. The summed E-state index contributed by atoms with van der Waals surface area (Å²) in [6, 6.07) is 6.98. The molecule has 0 aliphatic rings. The number of hydrogen-bond acceptors (Lipinski definition) is 2. The summed E-state index contributed by atoms with van der Waals surface area (Å²) in [6.45, 7) is 0. The van der Waals surface area contributed by atoms with E-state index in [9.17, 15) is 4.79 Å². The van der Waals surface area contributed by atoms with Crippen molar-refractivity contribution in [3.8, 4) is 6.07 Å². The molecule has 0 unspecified atom stereocenters. The minimum atomic E-state index is -0.0852. The Morgan fingerprint density at radius 3 is 3.08 bits per heavy atom. The summed E-state index contributed by atoms with van der Waals surface area (Å²) in [7, 11) is 0. The van der Waals surface area contributed by atoms with E-state index in [1.165, 1.54) is 10.5 Å². The lowest BCUT2D eigenvalue weighted by molar-refractivity contribution is 1.11. The van der Waals surface area contributed by atoms with Crippen LogP contribution in [-0.2, 0) is 6.42 Å². The van der Waals surface area contributed by atoms with Gasteiger partial charge in [0.15, 0.2) is 0 Å². The molecule has 2 heterocycles. The number of hydrogen-bond donors (Lipinski definition) is 1. The van der Waals surface area contributed by atoms with Crippen molar-refractivity contribution >= 4 is 5.65 Å². The number of nitrogens with one attached hydrogen (secondary N) is 1. The molecule has 0 fully saturated rings. The number of imidazole rings is 1. The molecule has 0 bridgehead atoms. The van der Waals surface area contributed by atoms with Crippen molar-refractivity contribution in [2.45, 2.75) is 6.42 Å². The standard InChI is InChI=1S/C9H7N3O/c10-5-4-7-6-12-8(11-7)2-1-3-9(12)13/h1-3,6,11H,4H2. The predicted molar refractivity (Wildman–Crippen MR) is 47.3 cm³/mol. The first-order valence-corrected chi connectivity index (χ1v) is 3.87. The van der Waals surface area contributed by atoms with Gasteiger partial charge in [-0.25, -0.2) is 0 Å². The quantitative estimate of drug-likeness (QED) is 0.689. The Balaban J connectivity index is 2.70. The number of pyridine rings is 1. The van der Waals surface area contributed by atoms with Crippen LogP contribution in [0.1, 0.15) is 5.69 Å². The summed E-state index contributed by atoms with van der Waals surface area (Å²) in [4.78, 5) is 14.2. The van der Waals surface area contributed by atoms with Crippen molar-refractivity contribution in [2.75, 3.05) is 0 Å². The second-order valence-electron chi connectivity index (χ2n) is 2.73. The molecule has 2 rings (SSSR count). The fraction of sp³-hybridized carbons (Fsp3) is 0.111. The van der Waals surface area contributed by atoms with Gasteiger partial charge in [-0.05, 0) is 6.07 Å². The Hall–Kier alpha value is -2.02. The minimum Gasteiger partial charge on any atom is -0.343 e. The number of nitrogens with zero attached hydrogens (tertiary/aromatic N) is 2. The fourth-order valence-electron chi connectivity index (χ4n) is 1.26. The van der Waals surface area contributed by atoms with Crippen LogP contribution in [0.15, 0.2) is 29.2 Å². The Bertz CT molecular complexity index is 530. The molecule has 0 spiro atoms. The zero-order chi connectivity index (χ0) is 9.26. The van der Waals surface area contributed by atoms with Gasteiger partial charge in [0.25, 0.3) is 5.56 Å². The highest BCUT2D eigenvalue weighted by Gasteiger charge is 1.99. The zero-order valence-electron chi connectivity index (χ0n) is 6.82. The van der Waals surface area contributed by atoms with Gasteiger partial charge < -0.3 is 4.98 Å². The first kappa shape index (κ1) is 7.62. The molecule has 0 aromatic carbocycles. The van der Waals surface area contributed by atoms with Crippen LogP contribution >= 0.6 is 0 Å². The van der Waals surface area contributed by atoms with Crippen LogP contribution in [0.5, 0.6) is 0 Å². The molecule has 4 heteroatoms. The highest BCUT2D eigenvalue weighted by Crippen LogP contribution is 2.01. The van der Waals surface area contributed by atoms with Crippen LogP contribution in [0.2, 0.25) is 0 Å². The van der Waals surface area contributed by atoms with Gasteiger partial charge in [0, 0.05) is 18.0 Å².